The zero-order valence-electron chi connectivity index (χ0n) is 20.1. The number of non-ortho nitro benzene ring substituents is 1. The summed E-state index contributed by atoms with van der Waals surface area (Å²) < 4.78 is 3.00. The predicted octanol–water partition coefficient (Wildman–Crippen LogP) is 7.24. The van der Waals surface area contributed by atoms with Crippen molar-refractivity contribution in [3.05, 3.63) is 75.3 Å². The van der Waals surface area contributed by atoms with Gasteiger partial charge in [0.15, 0.2) is 8.68 Å². The van der Waals surface area contributed by atoms with Crippen molar-refractivity contribution in [2.45, 2.75) is 15.6 Å². The lowest BCUT2D eigenvalue weighted by molar-refractivity contribution is -0.384. The summed E-state index contributed by atoms with van der Waals surface area (Å²) in [7, 11) is 0. The Kier molecular flexibility index (Phi) is 8.33. The summed E-state index contributed by atoms with van der Waals surface area (Å²) >= 11 is 11.4. The predicted molar refractivity (Wildman–Crippen MR) is 161 cm³/mol. The van der Waals surface area contributed by atoms with Gasteiger partial charge in [-0.15, -0.1) is 22.7 Å². The number of nitro benzene ring substituents is 1. The third-order valence-electron chi connectivity index (χ3n) is 5.34. The van der Waals surface area contributed by atoms with Crippen LogP contribution in [0.2, 0.25) is 5.02 Å². The zero-order chi connectivity index (χ0) is 27.5. The van der Waals surface area contributed by atoms with Crippen molar-refractivity contribution in [3.8, 4) is 0 Å². The molecule has 0 saturated heterocycles. The standard InChI is InChI=1S/C25H18ClN5O4S4/c1-13-2-3-14(26)8-19(13)28-23(33)12-37-24-29-17-6-4-15(9-20(17)38-24)27-22(32)11-36-25-30-18-7-5-16(31(34)35)10-21(18)39-25/h2-10H,11-12H2,1H3,(H,27,32)(H,28,33). The molecular weight excluding hydrogens is 598 g/mol. The molecule has 2 heterocycles. The van der Waals surface area contributed by atoms with Gasteiger partial charge in [-0.25, -0.2) is 9.97 Å². The van der Waals surface area contributed by atoms with Crippen molar-refractivity contribution in [1.82, 2.24) is 9.97 Å². The first-order valence-electron chi connectivity index (χ1n) is 11.3. The van der Waals surface area contributed by atoms with E-state index in [4.69, 9.17) is 11.6 Å². The highest BCUT2D eigenvalue weighted by Gasteiger charge is 2.14. The van der Waals surface area contributed by atoms with Crippen molar-refractivity contribution in [2.24, 2.45) is 0 Å². The molecule has 0 radical (unpaired) electrons. The van der Waals surface area contributed by atoms with Crippen LogP contribution < -0.4 is 10.6 Å². The first-order valence-corrected chi connectivity index (χ1v) is 15.3. The first-order chi connectivity index (χ1) is 18.7. The number of thioether (sulfide) groups is 2. The number of rotatable bonds is 9. The van der Waals surface area contributed by atoms with Gasteiger partial charge in [0, 0.05) is 28.5 Å². The molecule has 0 atom stereocenters. The monoisotopic (exact) mass is 615 g/mol. The van der Waals surface area contributed by atoms with Crippen LogP contribution >= 0.6 is 57.8 Å². The van der Waals surface area contributed by atoms with Gasteiger partial charge in [0.2, 0.25) is 11.8 Å². The summed E-state index contributed by atoms with van der Waals surface area (Å²) in [6.45, 7) is 1.90. The molecule has 5 rings (SSSR count). The van der Waals surface area contributed by atoms with Crippen LogP contribution in [0.25, 0.3) is 20.4 Å². The van der Waals surface area contributed by atoms with Gasteiger partial charge < -0.3 is 10.6 Å². The van der Waals surface area contributed by atoms with E-state index in [1.165, 1.54) is 58.3 Å². The number of carbonyl (C=O) groups is 2. The van der Waals surface area contributed by atoms with Gasteiger partial charge >= 0.3 is 0 Å². The number of carbonyl (C=O) groups excluding carboxylic acids is 2. The van der Waals surface area contributed by atoms with E-state index < -0.39 is 4.92 Å². The molecule has 0 aliphatic carbocycles. The lowest BCUT2D eigenvalue weighted by atomic mass is 10.2. The SMILES string of the molecule is Cc1ccc(Cl)cc1NC(=O)CSc1nc2ccc(NC(=O)CSc3nc4ccc([N+](=O)[O-])cc4s3)cc2s1. The molecule has 0 unspecified atom stereocenters. The molecule has 0 aliphatic heterocycles. The number of hydrogen-bond donors (Lipinski definition) is 2. The number of halogens is 1. The summed E-state index contributed by atoms with van der Waals surface area (Å²) in [4.78, 5) is 44.5. The minimum Gasteiger partial charge on any atom is -0.325 e. The molecule has 5 aromatic rings. The molecule has 39 heavy (non-hydrogen) atoms. The fourth-order valence-electron chi connectivity index (χ4n) is 3.48. The second-order valence-corrected chi connectivity index (χ2v) is 13.1. The fourth-order valence-corrected chi connectivity index (χ4v) is 7.46. The number of fused-ring (bicyclic) bond motifs is 2. The largest absolute Gasteiger partial charge is 0.325 e. The molecule has 198 valence electrons. The average molecular weight is 616 g/mol. The molecule has 0 aliphatic rings. The van der Waals surface area contributed by atoms with Crippen LogP contribution in [0, 0.1) is 17.0 Å². The van der Waals surface area contributed by atoms with E-state index in [1.807, 2.05) is 25.1 Å². The number of anilines is 2. The molecule has 0 bridgehead atoms. The third-order valence-corrected chi connectivity index (χ3v) is 9.90. The maximum Gasteiger partial charge on any atom is 0.270 e. The van der Waals surface area contributed by atoms with E-state index in [0.717, 1.165) is 20.1 Å². The molecular formula is C25H18ClN5O4S4. The van der Waals surface area contributed by atoms with E-state index in [-0.39, 0.29) is 29.0 Å². The van der Waals surface area contributed by atoms with E-state index in [2.05, 4.69) is 20.6 Å². The molecule has 3 aromatic carbocycles. The Bertz CT molecular complexity index is 1740. The van der Waals surface area contributed by atoms with E-state index in [1.54, 1.807) is 24.3 Å². The normalized spacial score (nSPS) is 11.1. The van der Waals surface area contributed by atoms with Crippen LogP contribution in [0.4, 0.5) is 17.1 Å². The maximum atomic E-state index is 12.5. The average Bonchev–Trinajstić information content (AvgIpc) is 3.51. The van der Waals surface area contributed by atoms with Crippen LogP contribution in [0.1, 0.15) is 5.56 Å². The van der Waals surface area contributed by atoms with Crippen LogP contribution in [0.3, 0.4) is 0 Å². The highest BCUT2D eigenvalue weighted by atomic mass is 35.5. The lowest BCUT2D eigenvalue weighted by Gasteiger charge is -2.08. The Morgan fingerprint density at radius 3 is 2.18 bits per heavy atom. The number of nitrogens with zero attached hydrogens (tertiary/aromatic N) is 3. The van der Waals surface area contributed by atoms with Crippen molar-refractivity contribution >= 4 is 107 Å². The van der Waals surface area contributed by atoms with Gasteiger partial charge in [-0.05, 0) is 48.9 Å². The second kappa shape index (κ2) is 11.9. The molecule has 2 N–H and O–H groups in total. The molecule has 9 nitrogen and oxygen atoms in total. The van der Waals surface area contributed by atoms with Gasteiger partial charge in [0.1, 0.15) is 0 Å². The number of thiazole rings is 2. The smallest absolute Gasteiger partial charge is 0.270 e. The zero-order valence-corrected chi connectivity index (χ0v) is 24.1. The van der Waals surface area contributed by atoms with Crippen molar-refractivity contribution in [3.63, 3.8) is 0 Å². The molecule has 0 saturated carbocycles. The van der Waals surface area contributed by atoms with Gasteiger partial charge in [-0.2, -0.15) is 0 Å². The Morgan fingerprint density at radius 2 is 1.51 bits per heavy atom. The number of aryl methyl sites for hydroxylation is 1. The Hall–Kier alpha value is -3.23. The number of aromatic nitrogens is 2. The summed E-state index contributed by atoms with van der Waals surface area (Å²) in [5.41, 5.74) is 3.71. The highest BCUT2D eigenvalue weighted by molar-refractivity contribution is 8.02. The lowest BCUT2D eigenvalue weighted by Crippen LogP contribution is -2.14. The first kappa shape index (κ1) is 27.3. The van der Waals surface area contributed by atoms with Crippen LogP contribution in [0.5, 0.6) is 0 Å². The Labute approximate surface area is 243 Å². The van der Waals surface area contributed by atoms with Crippen molar-refractivity contribution < 1.29 is 14.5 Å². The highest BCUT2D eigenvalue weighted by Crippen LogP contribution is 2.33. The fraction of sp³-hybridized carbons (Fsp3) is 0.120. The quantitative estimate of drug-likeness (QED) is 0.101. The van der Waals surface area contributed by atoms with Gasteiger partial charge in [0.05, 0.1) is 36.9 Å². The maximum absolute atomic E-state index is 12.5. The molecule has 2 amide bonds. The number of nitrogens with one attached hydrogen (secondary N) is 2. The minimum absolute atomic E-state index is 0.0105. The van der Waals surface area contributed by atoms with Crippen LogP contribution in [-0.4, -0.2) is 38.2 Å². The van der Waals surface area contributed by atoms with E-state index in [0.29, 0.717) is 31.0 Å². The third kappa shape index (κ3) is 6.86. The van der Waals surface area contributed by atoms with Gasteiger partial charge in [0.25, 0.3) is 5.69 Å². The number of amides is 2. The van der Waals surface area contributed by atoms with Gasteiger partial charge in [-0.3, -0.25) is 19.7 Å². The molecule has 14 heteroatoms. The summed E-state index contributed by atoms with van der Waals surface area (Å²) in [6, 6.07) is 15.3. The topological polar surface area (TPSA) is 127 Å². The van der Waals surface area contributed by atoms with E-state index in [9.17, 15) is 19.7 Å². The van der Waals surface area contributed by atoms with Gasteiger partial charge in [-0.1, -0.05) is 41.2 Å². The minimum atomic E-state index is -0.443. The number of hydrogen-bond acceptors (Lipinski definition) is 10. The Balaban J connectivity index is 1.15. The summed E-state index contributed by atoms with van der Waals surface area (Å²) in [6.07, 6.45) is 0. The Morgan fingerprint density at radius 1 is 0.897 bits per heavy atom. The number of benzene rings is 3. The van der Waals surface area contributed by atoms with Crippen molar-refractivity contribution in [2.75, 3.05) is 22.1 Å². The molecule has 2 aromatic heterocycles. The van der Waals surface area contributed by atoms with Crippen LogP contribution in [-0.2, 0) is 9.59 Å². The number of nitro groups is 1. The van der Waals surface area contributed by atoms with Crippen molar-refractivity contribution in [1.29, 1.82) is 0 Å². The summed E-state index contributed by atoms with van der Waals surface area (Å²) in [5.74, 6) is -0.00507. The second-order valence-electron chi connectivity index (χ2n) is 8.18. The molecule has 0 fully saturated rings. The molecule has 0 spiro atoms. The van der Waals surface area contributed by atoms with E-state index >= 15 is 0 Å². The summed E-state index contributed by atoms with van der Waals surface area (Å²) in [5, 5.41) is 17.3. The van der Waals surface area contributed by atoms with Crippen LogP contribution in [0.15, 0.2) is 63.3 Å².